The van der Waals surface area contributed by atoms with Crippen molar-refractivity contribution >= 4 is 23.3 Å². The van der Waals surface area contributed by atoms with Gasteiger partial charge in [0.2, 0.25) is 0 Å². The van der Waals surface area contributed by atoms with Crippen LogP contribution in [0, 0.1) is 0 Å². The van der Waals surface area contributed by atoms with E-state index < -0.39 is 5.97 Å². The minimum atomic E-state index is -0.465. The zero-order chi connectivity index (χ0) is 12.8. The molecule has 0 aliphatic heterocycles. The maximum absolute atomic E-state index is 11.3. The summed E-state index contributed by atoms with van der Waals surface area (Å²) < 4.78 is 9.95. The Bertz CT molecular complexity index is 493. The molecule has 1 N–H and O–H groups in total. The van der Waals surface area contributed by atoms with Crippen molar-refractivity contribution in [1.82, 2.24) is 4.98 Å². The molecule has 0 radical (unpaired) electrons. The van der Waals surface area contributed by atoms with Crippen LogP contribution in [0.15, 0.2) is 28.2 Å². The van der Waals surface area contributed by atoms with Gasteiger partial charge < -0.3 is 14.5 Å². The number of ether oxygens (including phenoxy) is 1. The fraction of sp³-hybridized carbons (Fsp3) is 0.333. The SMILES string of the molecule is CCOC(=O)c1coc(NCCc2cccs2)n1. The summed E-state index contributed by atoms with van der Waals surface area (Å²) in [6, 6.07) is 4.44. The molecule has 0 aliphatic carbocycles. The summed E-state index contributed by atoms with van der Waals surface area (Å²) >= 11 is 1.71. The lowest BCUT2D eigenvalue weighted by atomic mass is 10.3. The lowest BCUT2D eigenvalue weighted by Gasteiger charge is -1.99. The first kappa shape index (κ1) is 12.6. The molecule has 96 valence electrons. The van der Waals surface area contributed by atoms with Crippen LogP contribution in [0.1, 0.15) is 22.3 Å². The normalized spacial score (nSPS) is 10.3. The van der Waals surface area contributed by atoms with Crippen LogP contribution in [0.2, 0.25) is 0 Å². The van der Waals surface area contributed by atoms with Gasteiger partial charge in [0.1, 0.15) is 6.26 Å². The third-order valence-corrected chi connectivity index (χ3v) is 3.15. The van der Waals surface area contributed by atoms with E-state index >= 15 is 0 Å². The van der Waals surface area contributed by atoms with Gasteiger partial charge in [0.25, 0.3) is 6.01 Å². The lowest BCUT2D eigenvalue weighted by Crippen LogP contribution is -2.07. The molecule has 2 aromatic rings. The van der Waals surface area contributed by atoms with E-state index in [4.69, 9.17) is 9.15 Å². The number of aromatic nitrogens is 1. The van der Waals surface area contributed by atoms with Gasteiger partial charge in [-0.05, 0) is 24.8 Å². The Morgan fingerprint density at radius 2 is 2.50 bits per heavy atom. The summed E-state index contributed by atoms with van der Waals surface area (Å²) in [6.07, 6.45) is 2.19. The van der Waals surface area contributed by atoms with Crippen molar-refractivity contribution in [2.75, 3.05) is 18.5 Å². The first-order chi connectivity index (χ1) is 8.79. The predicted octanol–water partition coefficient (Wildman–Crippen LogP) is 2.57. The van der Waals surface area contributed by atoms with Crippen molar-refractivity contribution < 1.29 is 13.9 Å². The van der Waals surface area contributed by atoms with E-state index in [1.54, 1.807) is 18.3 Å². The van der Waals surface area contributed by atoms with Gasteiger partial charge in [0.05, 0.1) is 6.61 Å². The van der Waals surface area contributed by atoms with Gasteiger partial charge in [-0.2, -0.15) is 4.98 Å². The third-order valence-electron chi connectivity index (χ3n) is 2.22. The molecule has 0 saturated heterocycles. The lowest BCUT2D eigenvalue weighted by molar-refractivity contribution is 0.0519. The van der Waals surface area contributed by atoms with E-state index in [-0.39, 0.29) is 5.69 Å². The summed E-state index contributed by atoms with van der Waals surface area (Å²) in [5.74, 6) is -0.465. The molecule has 0 aliphatic rings. The van der Waals surface area contributed by atoms with Crippen molar-refractivity contribution in [3.63, 3.8) is 0 Å². The quantitative estimate of drug-likeness (QED) is 0.814. The molecule has 6 heteroatoms. The number of thiophene rings is 1. The second-order valence-corrected chi connectivity index (χ2v) is 4.55. The van der Waals surface area contributed by atoms with Crippen LogP contribution >= 0.6 is 11.3 Å². The Balaban J connectivity index is 1.81. The summed E-state index contributed by atoms with van der Waals surface area (Å²) in [5, 5.41) is 5.06. The zero-order valence-electron chi connectivity index (χ0n) is 10.0. The molecule has 0 saturated carbocycles. The largest absolute Gasteiger partial charge is 0.461 e. The molecule has 0 aromatic carbocycles. The van der Waals surface area contributed by atoms with Crippen molar-refractivity contribution in [2.45, 2.75) is 13.3 Å². The molecule has 2 rings (SSSR count). The van der Waals surface area contributed by atoms with Crippen LogP contribution in [-0.2, 0) is 11.2 Å². The highest BCUT2D eigenvalue weighted by molar-refractivity contribution is 7.09. The highest BCUT2D eigenvalue weighted by atomic mass is 32.1. The number of hydrogen-bond donors (Lipinski definition) is 1. The molecule has 0 unspecified atom stereocenters. The highest BCUT2D eigenvalue weighted by Gasteiger charge is 2.12. The van der Waals surface area contributed by atoms with E-state index in [0.29, 0.717) is 19.2 Å². The Labute approximate surface area is 109 Å². The van der Waals surface area contributed by atoms with Crippen molar-refractivity contribution in [3.8, 4) is 0 Å². The molecular weight excluding hydrogens is 252 g/mol. The Hall–Kier alpha value is -1.82. The van der Waals surface area contributed by atoms with E-state index in [1.807, 2.05) is 11.4 Å². The molecule has 2 heterocycles. The van der Waals surface area contributed by atoms with E-state index in [1.165, 1.54) is 11.1 Å². The first-order valence-corrected chi connectivity index (χ1v) is 6.56. The number of nitrogens with one attached hydrogen (secondary N) is 1. The number of rotatable bonds is 6. The van der Waals surface area contributed by atoms with E-state index in [2.05, 4.69) is 16.4 Å². The number of nitrogens with zero attached hydrogens (tertiary/aromatic N) is 1. The standard InChI is InChI=1S/C12H14N2O3S/c1-2-16-11(15)10-8-17-12(14-10)13-6-5-9-4-3-7-18-9/h3-4,7-8H,2,5-6H2,1H3,(H,13,14). The van der Waals surface area contributed by atoms with Gasteiger partial charge >= 0.3 is 5.97 Å². The molecule has 0 bridgehead atoms. The van der Waals surface area contributed by atoms with Crippen LogP contribution < -0.4 is 5.32 Å². The van der Waals surface area contributed by atoms with Gasteiger partial charge in [-0.3, -0.25) is 0 Å². The monoisotopic (exact) mass is 266 g/mol. The van der Waals surface area contributed by atoms with Crippen LogP contribution in [-0.4, -0.2) is 24.1 Å². The molecule has 0 atom stereocenters. The molecule has 18 heavy (non-hydrogen) atoms. The third kappa shape index (κ3) is 3.33. The van der Waals surface area contributed by atoms with Crippen LogP contribution in [0.25, 0.3) is 0 Å². The number of anilines is 1. The van der Waals surface area contributed by atoms with Gasteiger partial charge in [-0.25, -0.2) is 4.79 Å². The molecule has 5 nitrogen and oxygen atoms in total. The summed E-state index contributed by atoms with van der Waals surface area (Å²) in [6.45, 7) is 2.79. The summed E-state index contributed by atoms with van der Waals surface area (Å²) in [4.78, 5) is 16.6. The molecule has 2 aromatic heterocycles. The Kier molecular flexibility index (Phi) is 4.35. The number of carbonyl (C=O) groups is 1. The average molecular weight is 266 g/mol. The van der Waals surface area contributed by atoms with E-state index in [0.717, 1.165) is 6.42 Å². The number of carbonyl (C=O) groups excluding carboxylic acids is 1. The predicted molar refractivity (Wildman–Crippen MR) is 69.0 cm³/mol. The van der Waals surface area contributed by atoms with Crippen molar-refractivity contribution in [1.29, 1.82) is 0 Å². The molecular formula is C12H14N2O3S. The van der Waals surface area contributed by atoms with Crippen molar-refractivity contribution in [2.24, 2.45) is 0 Å². The maximum atomic E-state index is 11.3. The molecule has 0 fully saturated rings. The Morgan fingerprint density at radius 1 is 1.61 bits per heavy atom. The van der Waals surface area contributed by atoms with Crippen LogP contribution in [0.5, 0.6) is 0 Å². The smallest absolute Gasteiger partial charge is 0.360 e. The first-order valence-electron chi connectivity index (χ1n) is 5.68. The topological polar surface area (TPSA) is 64.4 Å². The van der Waals surface area contributed by atoms with Crippen LogP contribution in [0.4, 0.5) is 6.01 Å². The second kappa shape index (κ2) is 6.20. The highest BCUT2D eigenvalue weighted by Crippen LogP contribution is 2.11. The van der Waals surface area contributed by atoms with Gasteiger partial charge in [0, 0.05) is 11.4 Å². The number of esters is 1. The Morgan fingerprint density at radius 3 is 3.22 bits per heavy atom. The average Bonchev–Trinajstić information content (AvgIpc) is 3.00. The number of oxazole rings is 1. The van der Waals surface area contributed by atoms with Gasteiger partial charge in [-0.1, -0.05) is 6.07 Å². The fourth-order valence-electron chi connectivity index (χ4n) is 1.40. The minimum absolute atomic E-state index is 0.190. The van der Waals surface area contributed by atoms with E-state index in [9.17, 15) is 4.79 Å². The molecule has 0 amide bonds. The van der Waals surface area contributed by atoms with Crippen molar-refractivity contribution in [3.05, 3.63) is 34.3 Å². The second-order valence-electron chi connectivity index (χ2n) is 3.51. The fourth-order valence-corrected chi connectivity index (χ4v) is 2.11. The number of hydrogen-bond acceptors (Lipinski definition) is 6. The summed E-state index contributed by atoms with van der Waals surface area (Å²) in [7, 11) is 0. The summed E-state index contributed by atoms with van der Waals surface area (Å²) in [5.41, 5.74) is 0.190. The zero-order valence-corrected chi connectivity index (χ0v) is 10.8. The van der Waals surface area contributed by atoms with Gasteiger partial charge in [-0.15, -0.1) is 11.3 Å². The minimum Gasteiger partial charge on any atom is -0.461 e. The van der Waals surface area contributed by atoms with Crippen LogP contribution in [0.3, 0.4) is 0 Å². The van der Waals surface area contributed by atoms with Gasteiger partial charge in [0.15, 0.2) is 5.69 Å². The maximum Gasteiger partial charge on any atom is 0.360 e. The molecule has 0 spiro atoms.